The zero-order chi connectivity index (χ0) is 14.1. The molecule has 0 radical (unpaired) electrons. The molecule has 1 aromatic heterocycles. The van der Waals surface area contributed by atoms with Crippen LogP contribution in [0.15, 0.2) is 23.0 Å². The van der Waals surface area contributed by atoms with Crippen molar-refractivity contribution in [2.45, 2.75) is 0 Å². The van der Waals surface area contributed by atoms with Crippen molar-refractivity contribution in [1.29, 1.82) is 0 Å². The minimum absolute atomic E-state index is 0.127. The fraction of sp³-hybridized carbons (Fsp3) is 0.308. The van der Waals surface area contributed by atoms with E-state index in [9.17, 15) is 9.59 Å². The number of rotatable bonds is 2. The van der Waals surface area contributed by atoms with E-state index in [1.165, 1.54) is 18.2 Å². The van der Waals surface area contributed by atoms with Gasteiger partial charge >= 0.3 is 5.97 Å². The van der Waals surface area contributed by atoms with E-state index >= 15 is 0 Å². The number of nitrogens with zero attached hydrogens (tertiary/aromatic N) is 2. The lowest BCUT2D eigenvalue weighted by Crippen LogP contribution is -2.44. The Bertz CT molecular complexity index is 719. The van der Waals surface area contributed by atoms with E-state index in [0.29, 0.717) is 16.9 Å². The van der Waals surface area contributed by atoms with Crippen LogP contribution in [0.2, 0.25) is 0 Å². The van der Waals surface area contributed by atoms with Gasteiger partial charge < -0.3 is 15.3 Å². The standard InChI is InChI=1S/C13H14N4O3/c18-11-9-2-1-8(12(19)20)7-10(9)15-13(16-11)17-5-3-14-4-6-17/h1-2,7,14H,3-6H2,(H,19,20)(H,15,16,18). The Morgan fingerprint density at radius 3 is 2.75 bits per heavy atom. The molecule has 104 valence electrons. The zero-order valence-electron chi connectivity index (χ0n) is 10.7. The number of nitrogens with one attached hydrogen (secondary N) is 2. The van der Waals surface area contributed by atoms with E-state index in [1.54, 1.807) is 0 Å². The predicted molar refractivity (Wildman–Crippen MR) is 74.4 cm³/mol. The maximum Gasteiger partial charge on any atom is 0.335 e. The summed E-state index contributed by atoms with van der Waals surface area (Å²) in [6, 6.07) is 4.33. The summed E-state index contributed by atoms with van der Waals surface area (Å²) >= 11 is 0. The first-order valence-electron chi connectivity index (χ1n) is 6.38. The van der Waals surface area contributed by atoms with Crippen molar-refractivity contribution in [2.75, 3.05) is 31.1 Å². The fourth-order valence-corrected chi connectivity index (χ4v) is 2.29. The highest BCUT2D eigenvalue weighted by molar-refractivity contribution is 5.93. The van der Waals surface area contributed by atoms with Crippen LogP contribution in [0.25, 0.3) is 10.9 Å². The van der Waals surface area contributed by atoms with Crippen molar-refractivity contribution in [3.63, 3.8) is 0 Å². The Hall–Kier alpha value is -2.41. The average Bonchev–Trinajstić information content (AvgIpc) is 2.47. The van der Waals surface area contributed by atoms with Crippen LogP contribution in [0.5, 0.6) is 0 Å². The maximum absolute atomic E-state index is 12.0. The summed E-state index contributed by atoms with van der Waals surface area (Å²) in [7, 11) is 0. The van der Waals surface area contributed by atoms with Crippen molar-refractivity contribution in [2.24, 2.45) is 0 Å². The number of fused-ring (bicyclic) bond motifs is 1. The number of benzene rings is 1. The van der Waals surface area contributed by atoms with Gasteiger partial charge in [-0.05, 0) is 18.2 Å². The summed E-state index contributed by atoms with van der Waals surface area (Å²) in [5, 5.41) is 12.6. The molecule has 3 rings (SSSR count). The molecule has 1 saturated heterocycles. The Morgan fingerprint density at radius 2 is 2.05 bits per heavy atom. The number of aromatic amines is 1. The second kappa shape index (κ2) is 4.93. The first kappa shape index (κ1) is 12.6. The van der Waals surface area contributed by atoms with Gasteiger partial charge in [-0.3, -0.25) is 9.78 Å². The molecule has 2 heterocycles. The largest absolute Gasteiger partial charge is 0.478 e. The van der Waals surface area contributed by atoms with Crippen molar-refractivity contribution in [3.8, 4) is 0 Å². The summed E-state index contributed by atoms with van der Waals surface area (Å²) in [6.07, 6.45) is 0. The van der Waals surface area contributed by atoms with Crippen molar-refractivity contribution in [1.82, 2.24) is 15.3 Å². The number of hydrogen-bond donors (Lipinski definition) is 3. The molecular weight excluding hydrogens is 260 g/mol. The van der Waals surface area contributed by atoms with Gasteiger partial charge in [0, 0.05) is 26.2 Å². The number of aromatic nitrogens is 2. The van der Waals surface area contributed by atoms with Gasteiger partial charge in [0.05, 0.1) is 16.5 Å². The molecule has 1 fully saturated rings. The van der Waals surface area contributed by atoms with E-state index in [4.69, 9.17) is 5.11 Å². The van der Waals surface area contributed by atoms with Gasteiger partial charge in [0.2, 0.25) is 5.95 Å². The van der Waals surface area contributed by atoms with Crippen LogP contribution in [0.4, 0.5) is 5.95 Å². The maximum atomic E-state index is 12.0. The molecule has 7 heteroatoms. The van der Waals surface area contributed by atoms with Crippen LogP contribution in [0, 0.1) is 0 Å². The van der Waals surface area contributed by atoms with E-state index in [2.05, 4.69) is 15.3 Å². The minimum Gasteiger partial charge on any atom is -0.478 e. The number of aromatic carboxylic acids is 1. The topological polar surface area (TPSA) is 98.3 Å². The summed E-state index contributed by atoms with van der Waals surface area (Å²) in [4.78, 5) is 32.1. The van der Waals surface area contributed by atoms with Gasteiger partial charge in [-0.25, -0.2) is 9.78 Å². The lowest BCUT2D eigenvalue weighted by molar-refractivity contribution is 0.0697. The molecule has 0 spiro atoms. The number of hydrogen-bond acceptors (Lipinski definition) is 5. The molecule has 0 saturated carbocycles. The van der Waals surface area contributed by atoms with Crippen LogP contribution >= 0.6 is 0 Å². The molecule has 0 atom stereocenters. The third-order valence-electron chi connectivity index (χ3n) is 3.36. The SMILES string of the molecule is O=C(O)c1ccc2c(=O)[nH]c(N3CCNCC3)nc2c1. The molecule has 0 aliphatic carbocycles. The van der Waals surface area contributed by atoms with Crippen LogP contribution in [-0.2, 0) is 0 Å². The molecule has 2 aromatic rings. The number of carboxylic acid groups (broad SMARTS) is 1. The van der Waals surface area contributed by atoms with Crippen LogP contribution in [0.1, 0.15) is 10.4 Å². The van der Waals surface area contributed by atoms with E-state index in [0.717, 1.165) is 26.2 Å². The number of anilines is 1. The molecule has 1 aromatic carbocycles. The molecule has 0 amide bonds. The molecule has 7 nitrogen and oxygen atoms in total. The monoisotopic (exact) mass is 274 g/mol. The van der Waals surface area contributed by atoms with Gasteiger partial charge in [-0.2, -0.15) is 0 Å². The first-order chi connectivity index (χ1) is 9.65. The molecular formula is C13H14N4O3. The summed E-state index contributed by atoms with van der Waals surface area (Å²) in [5.74, 6) is -0.538. The predicted octanol–water partition coefficient (Wildman–Crippen LogP) is 0.0309. The Labute approximate surface area is 114 Å². The van der Waals surface area contributed by atoms with Crippen LogP contribution in [0.3, 0.4) is 0 Å². The molecule has 1 aliphatic heterocycles. The number of H-pyrrole nitrogens is 1. The third kappa shape index (κ3) is 2.23. The normalized spacial score (nSPS) is 15.5. The number of carbonyl (C=O) groups is 1. The van der Waals surface area contributed by atoms with Crippen molar-refractivity contribution < 1.29 is 9.90 Å². The van der Waals surface area contributed by atoms with Gasteiger partial charge in [0.25, 0.3) is 5.56 Å². The summed E-state index contributed by atoms with van der Waals surface area (Å²) in [6.45, 7) is 3.17. The smallest absolute Gasteiger partial charge is 0.335 e. The minimum atomic E-state index is -1.03. The lowest BCUT2D eigenvalue weighted by Gasteiger charge is -2.27. The van der Waals surface area contributed by atoms with E-state index in [-0.39, 0.29) is 11.1 Å². The van der Waals surface area contributed by atoms with Gasteiger partial charge in [0.15, 0.2) is 0 Å². The number of piperazine rings is 1. The van der Waals surface area contributed by atoms with Crippen molar-refractivity contribution in [3.05, 3.63) is 34.1 Å². The molecule has 20 heavy (non-hydrogen) atoms. The van der Waals surface area contributed by atoms with E-state index < -0.39 is 5.97 Å². The molecule has 0 unspecified atom stereocenters. The second-order valence-corrected chi connectivity index (χ2v) is 4.66. The van der Waals surface area contributed by atoms with E-state index in [1.807, 2.05) is 4.90 Å². The number of carboxylic acids is 1. The average molecular weight is 274 g/mol. The quantitative estimate of drug-likeness (QED) is 0.714. The lowest BCUT2D eigenvalue weighted by atomic mass is 10.1. The summed E-state index contributed by atoms with van der Waals surface area (Å²) in [5.41, 5.74) is 0.282. The van der Waals surface area contributed by atoms with Crippen LogP contribution in [-0.4, -0.2) is 47.2 Å². The van der Waals surface area contributed by atoms with Gasteiger partial charge in [-0.15, -0.1) is 0 Å². The van der Waals surface area contributed by atoms with Crippen LogP contribution < -0.4 is 15.8 Å². The molecule has 0 bridgehead atoms. The Balaban J connectivity index is 2.10. The fourth-order valence-electron chi connectivity index (χ4n) is 2.29. The first-order valence-corrected chi connectivity index (χ1v) is 6.38. The summed E-state index contributed by atoms with van der Waals surface area (Å²) < 4.78 is 0. The molecule has 3 N–H and O–H groups in total. The Morgan fingerprint density at radius 1 is 1.30 bits per heavy atom. The highest BCUT2D eigenvalue weighted by atomic mass is 16.4. The second-order valence-electron chi connectivity index (χ2n) is 4.66. The highest BCUT2D eigenvalue weighted by Crippen LogP contribution is 2.14. The van der Waals surface area contributed by atoms with Gasteiger partial charge in [0.1, 0.15) is 0 Å². The van der Waals surface area contributed by atoms with Crippen molar-refractivity contribution >= 4 is 22.8 Å². The molecule has 1 aliphatic rings. The Kier molecular flexibility index (Phi) is 3.11. The highest BCUT2D eigenvalue weighted by Gasteiger charge is 2.15. The third-order valence-corrected chi connectivity index (χ3v) is 3.36. The zero-order valence-corrected chi connectivity index (χ0v) is 10.7. The van der Waals surface area contributed by atoms with Gasteiger partial charge in [-0.1, -0.05) is 0 Å².